The molecule has 0 aromatic rings. The first-order chi connectivity index (χ1) is 8.07. The molecule has 0 amide bonds. The highest BCUT2D eigenvalue weighted by molar-refractivity contribution is 5.89. The highest BCUT2D eigenvalue weighted by atomic mass is 19.4. The van der Waals surface area contributed by atoms with Crippen molar-refractivity contribution in [3.63, 3.8) is 0 Å². The van der Waals surface area contributed by atoms with Gasteiger partial charge in [0.15, 0.2) is 0 Å². The fraction of sp³-hybridized carbons (Fsp3) is 0.700. The van der Waals surface area contributed by atoms with Gasteiger partial charge in [0.1, 0.15) is 5.70 Å². The second-order valence-corrected chi connectivity index (χ2v) is 3.89. The summed E-state index contributed by atoms with van der Waals surface area (Å²) >= 11 is 0. The van der Waals surface area contributed by atoms with E-state index in [4.69, 9.17) is 0 Å². The van der Waals surface area contributed by atoms with Crippen LogP contribution >= 0.6 is 0 Å². The monoisotopic (exact) mass is 274 g/mol. The first kappa shape index (κ1) is 14.8. The molecular formula is C10H12F6N2. The molecule has 18 heavy (non-hydrogen) atoms. The average molecular weight is 274 g/mol. The molecule has 0 fully saturated rings. The lowest BCUT2D eigenvalue weighted by Gasteiger charge is -2.24. The van der Waals surface area contributed by atoms with Gasteiger partial charge in [0.05, 0.1) is 0 Å². The number of alkyl halides is 6. The van der Waals surface area contributed by atoms with Gasteiger partial charge in [0, 0.05) is 13.1 Å². The number of aliphatic imine (C=N–C) groups is 1. The molecule has 0 N–H and O–H groups in total. The summed E-state index contributed by atoms with van der Waals surface area (Å²) in [6, 6.07) is 0. The molecule has 0 aromatic carbocycles. The van der Waals surface area contributed by atoms with E-state index in [1.165, 1.54) is 6.92 Å². The van der Waals surface area contributed by atoms with Crippen LogP contribution in [0.25, 0.3) is 0 Å². The van der Waals surface area contributed by atoms with E-state index in [1.54, 1.807) is 0 Å². The van der Waals surface area contributed by atoms with Crippen LogP contribution in [0.4, 0.5) is 26.3 Å². The molecule has 0 aliphatic carbocycles. The zero-order valence-electron chi connectivity index (χ0n) is 9.78. The third kappa shape index (κ3) is 3.17. The van der Waals surface area contributed by atoms with Crippen molar-refractivity contribution in [1.29, 1.82) is 0 Å². The smallest absolute Gasteiger partial charge is 0.352 e. The van der Waals surface area contributed by atoms with E-state index in [2.05, 4.69) is 4.99 Å². The Balaban J connectivity index is 3.31. The number of allylic oxidation sites excluding steroid dienone is 1. The molecule has 0 atom stereocenters. The highest BCUT2D eigenvalue weighted by Gasteiger charge is 2.44. The maximum atomic E-state index is 12.7. The molecule has 0 bridgehead atoms. The first-order valence-corrected chi connectivity index (χ1v) is 5.25. The van der Waals surface area contributed by atoms with Crippen LogP contribution in [-0.2, 0) is 0 Å². The summed E-state index contributed by atoms with van der Waals surface area (Å²) < 4.78 is 75.9. The molecular weight excluding hydrogens is 262 g/mol. The summed E-state index contributed by atoms with van der Waals surface area (Å²) in [5.41, 5.74) is -1.62. The van der Waals surface area contributed by atoms with Crippen molar-refractivity contribution in [2.24, 2.45) is 4.99 Å². The van der Waals surface area contributed by atoms with Crippen molar-refractivity contribution in [3.05, 3.63) is 11.3 Å². The van der Waals surface area contributed by atoms with Gasteiger partial charge in [-0.2, -0.15) is 26.3 Å². The van der Waals surface area contributed by atoms with E-state index in [0.717, 1.165) is 11.8 Å². The SMILES string of the molecule is CCN1CCC(C)=C(C(F)(F)F)N=C1C(F)(F)F. The normalized spacial score (nSPS) is 18.9. The summed E-state index contributed by atoms with van der Waals surface area (Å²) in [7, 11) is 0. The van der Waals surface area contributed by atoms with Crippen molar-refractivity contribution in [2.75, 3.05) is 13.1 Å². The minimum absolute atomic E-state index is 0.0449. The summed E-state index contributed by atoms with van der Waals surface area (Å²) in [6.07, 6.45) is -9.85. The molecule has 0 saturated heterocycles. The van der Waals surface area contributed by atoms with Crippen LogP contribution in [0.1, 0.15) is 20.3 Å². The minimum atomic E-state index is -4.89. The lowest BCUT2D eigenvalue weighted by Crippen LogP contribution is -2.41. The van der Waals surface area contributed by atoms with Crippen molar-refractivity contribution >= 4 is 5.84 Å². The second-order valence-electron chi connectivity index (χ2n) is 3.89. The fourth-order valence-corrected chi connectivity index (χ4v) is 1.65. The summed E-state index contributed by atoms with van der Waals surface area (Å²) in [5, 5.41) is 0. The topological polar surface area (TPSA) is 15.6 Å². The zero-order valence-corrected chi connectivity index (χ0v) is 9.78. The van der Waals surface area contributed by atoms with Gasteiger partial charge in [0.25, 0.3) is 0 Å². The summed E-state index contributed by atoms with van der Waals surface area (Å²) in [4.78, 5) is 3.63. The van der Waals surface area contributed by atoms with E-state index in [-0.39, 0.29) is 25.1 Å². The second kappa shape index (κ2) is 4.81. The molecule has 2 nitrogen and oxygen atoms in total. The van der Waals surface area contributed by atoms with Crippen molar-refractivity contribution in [1.82, 2.24) is 4.90 Å². The number of halogens is 6. The Bertz CT molecular complexity index is 377. The quantitative estimate of drug-likeness (QED) is 0.668. The average Bonchev–Trinajstić information content (AvgIpc) is 2.35. The molecule has 0 aromatic heterocycles. The predicted molar refractivity (Wildman–Crippen MR) is 54.1 cm³/mol. The van der Waals surface area contributed by atoms with E-state index < -0.39 is 23.9 Å². The lowest BCUT2D eigenvalue weighted by molar-refractivity contribution is -0.0943. The molecule has 0 unspecified atom stereocenters. The number of nitrogens with zero attached hydrogens (tertiary/aromatic N) is 2. The molecule has 1 rings (SSSR count). The Labute approximate surface area is 100.0 Å². The largest absolute Gasteiger partial charge is 0.449 e. The molecule has 0 saturated carbocycles. The van der Waals surface area contributed by atoms with Crippen LogP contribution in [-0.4, -0.2) is 36.2 Å². The van der Waals surface area contributed by atoms with Gasteiger partial charge < -0.3 is 4.90 Å². The van der Waals surface area contributed by atoms with Crippen LogP contribution in [0.2, 0.25) is 0 Å². The molecule has 1 heterocycles. The number of amidine groups is 1. The van der Waals surface area contributed by atoms with Crippen LogP contribution in [0, 0.1) is 0 Å². The van der Waals surface area contributed by atoms with Crippen LogP contribution in [0.15, 0.2) is 16.3 Å². The lowest BCUT2D eigenvalue weighted by atomic mass is 10.1. The fourth-order valence-electron chi connectivity index (χ4n) is 1.65. The maximum Gasteiger partial charge on any atom is 0.449 e. The van der Waals surface area contributed by atoms with Gasteiger partial charge in [-0.3, -0.25) is 0 Å². The molecule has 0 radical (unpaired) electrons. The third-order valence-electron chi connectivity index (χ3n) is 2.58. The minimum Gasteiger partial charge on any atom is -0.352 e. The zero-order chi connectivity index (χ0) is 14.1. The molecule has 104 valence electrons. The van der Waals surface area contributed by atoms with Gasteiger partial charge in [-0.25, -0.2) is 4.99 Å². The van der Waals surface area contributed by atoms with Gasteiger partial charge >= 0.3 is 12.4 Å². The van der Waals surface area contributed by atoms with Gasteiger partial charge in [0.2, 0.25) is 5.84 Å². The van der Waals surface area contributed by atoms with Crippen molar-refractivity contribution in [2.45, 2.75) is 32.6 Å². The van der Waals surface area contributed by atoms with Crippen molar-refractivity contribution in [3.8, 4) is 0 Å². The summed E-state index contributed by atoms with van der Waals surface area (Å²) in [5.74, 6) is -1.48. The van der Waals surface area contributed by atoms with Gasteiger partial charge in [-0.1, -0.05) is 0 Å². The molecule has 8 heteroatoms. The van der Waals surface area contributed by atoms with Gasteiger partial charge in [-0.05, 0) is 25.8 Å². The van der Waals surface area contributed by atoms with E-state index in [0.29, 0.717) is 0 Å². The molecule has 1 aliphatic rings. The summed E-state index contributed by atoms with van der Waals surface area (Å²) in [6.45, 7) is 2.42. The Hall–Kier alpha value is -1.21. The maximum absolute atomic E-state index is 12.7. The third-order valence-corrected chi connectivity index (χ3v) is 2.58. The van der Waals surface area contributed by atoms with Crippen molar-refractivity contribution < 1.29 is 26.3 Å². The molecule has 0 spiro atoms. The predicted octanol–water partition coefficient (Wildman–Crippen LogP) is 3.51. The highest BCUT2D eigenvalue weighted by Crippen LogP contribution is 2.34. The Morgan fingerprint density at radius 2 is 1.67 bits per heavy atom. The van der Waals surface area contributed by atoms with Crippen LogP contribution in [0.5, 0.6) is 0 Å². The number of rotatable bonds is 1. The Kier molecular flexibility index (Phi) is 3.97. The van der Waals surface area contributed by atoms with Crippen LogP contribution in [0.3, 0.4) is 0 Å². The standard InChI is InChI=1S/C10H12F6N2/c1-3-18-5-4-6(2)7(9(11,12)13)17-8(18)10(14,15)16/h3-5H2,1-2H3. The van der Waals surface area contributed by atoms with E-state index in [1.807, 2.05) is 0 Å². The first-order valence-electron chi connectivity index (χ1n) is 5.25. The number of hydrogen-bond donors (Lipinski definition) is 0. The van der Waals surface area contributed by atoms with E-state index >= 15 is 0 Å². The Morgan fingerprint density at radius 1 is 1.11 bits per heavy atom. The molecule has 1 aliphatic heterocycles. The van der Waals surface area contributed by atoms with Gasteiger partial charge in [-0.15, -0.1) is 0 Å². The number of hydrogen-bond acceptors (Lipinski definition) is 2. The Morgan fingerprint density at radius 3 is 2.06 bits per heavy atom. The van der Waals surface area contributed by atoms with Crippen LogP contribution < -0.4 is 0 Å². The van der Waals surface area contributed by atoms with E-state index in [9.17, 15) is 26.3 Å².